The number of nitrogens with two attached hydrogens (primary N) is 1. The number of sulfonamides is 1. The van der Waals surface area contributed by atoms with E-state index in [0.717, 1.165) is 4.31 Å². The van der Waals surface area contributed by atoms with Crippen molar-refractivity contribution in [3.8, 4) is 0 Å². The minimum atomic E-state index is -4.19. The molecule has 11 heteroatoms. The van der Waals surface area contributed by atoms with E-state index in [-0.39, 0.29) is 25.7 Å². The zero-order chi connectivity index (χ0) is 18.8. The zero-order valence-electron chi connectivity index (χ0n) is 12.3. The number of halogens is 4. The van der Waals surface area contributed by atoms with Crippen LogP contribution in [0.3, 0.4) is 0 Å². The molecule has 0 saturated carbocycles. The van der Waals surface area contributed by atoms with Crippen LogP contribution in [-0.4, -0.2) is 20.9 Å². The average molecular weight is 443 g/mol. The van der Waals surface area contributed by atoms with Gasteiger partial charge in [0.05, 0.1) is 25.7 Å². The van der Waals surface area contributed by atoms with Gasteiger partial charge in [-0.05, 0) is 36.4 Å². The molecule has 0 aliphatic heterocycles. The summed E-state index contributed by atoms with van der Waals surface area (Å²) in [5, 5.41) is 0.592. The van der Waals surface area contributed by atoms with Gasteiger partial charge in [-0.2, -0.15) is 0 Å². The molecule has 0 bridgehead atoms. The van der Waals surface area contributed by atoms with E-state index in [0.29, 0.717) is 5.02 Å². The molecule has 2 rings (SSSR count). The Labute approximate surface area is 164 Å². The molecule has 2 aromatic rings. The summed E-state index contributed by atoms with van der Waals surface area (Å²) in [6.07, 6.45) is 0. The lowest BCUT2D eigenvalue weighted by atomic mass is 10.3. The Bertz CT molecular complexity index is 922. The molecule has 0 spiro atoms. The summed E-state index contributed by atoms with van der Waals surface area (Å²) in [5.41, 5.74) is 1.93. The van der Waals surface area contributed by atoms with Crippen LogP contribution in [0.25, 0.3) is 0 Å². The number of hydrogen-bond donors (Lipinski definition) is 2. The van der Waals surface area contributed by atoms with Crippen LogP contribution in [0.2, 0.25) is 20.1 Å². The highest BCUT2D eigenvalue weighted by Gasteiger charge is 2.29. The van der Waals surface area contributed by atoms with Crippen molar-refractivity contribution in [1.29, 1.82) is 0 Å². The highest BCUT2D eigenvalue weighted by Crippen LogP contribution is 2.34. The molecule has 0 unspecified atom stereocenters. The average Bonchev–Trinajstić information content (AvgIpc) is 2.55. The maximum atomic E-state index is 13.0. The molecule has 134 valence electrons. The Balaban J connectivity index is 2.61. The van der Waals surface area contributed by atoms with Crippen LogP contribution in [-0.2, 0) is 14.8 Å². The second kappa shape index (κ2) is 7.99. The standard InChI is InChI=1S/C14H11Cl4N3O3S/c15-8-1-4-13(12(18)5-8)21(7-14(22)20-19)25(23,24)9-2-3-10(16)11(17)6-9/h1-6H,7,19H2,(H,20,22). The third-order valence-corrected chi connectivity index (χ3v) is 6.14. The molecule has 0 radical (unpaired) electrons. The van der Waals surface area contributed by atoms with Crippen LogP contribution >= 0.6 is 46.4 Å². The first-order valence-corrected chi connectivity index (χ1v) is 9.54. The first-order chi connectivity index (χ1) is 11.7. The predicted octanol–water partition coefficient (Wildman–Crippen LogP) is 3.49. The van der Waals surface area contributed by atoms with Crippen molar-refractivity contribution in [3.63, 3.8) is 0 Å². The summed E-state index contributed by atoms with van der Waals surface area (Å²) in [6, 6.07) is 7.96. The van der Waals surface area contributed by atoms with Gasteiger partial charge in [0, 0.05) is 5.02 Å². The normalized spacial score (nSPS) is 11.2. The van der Waals surface area contributed by atoms with Crippen LogP contribution in [0.15, 0.2) is 41.3 Å². The van der Waals surface area contributed by atoms with Gasteiger partial charge >= 0.3 is 0 Å². The number of hydrazine groups is 1. The highest BCUT2D eigenvalue weighted by molar-refractivity contribution is 7.92. The van der Waals surface area contributed by atoms with Crippen LogP contribution in [0, 0.1) is 0 Å². The lowest BCUT2D eigenvalue weighted by molar-refractivity contribution is -0.119. The van der Waals surface area contributed by atoms with Crippen LogP contribution in [0.5, 0.6) is 0 Å². The van der Waals surface area contributed by atoms with Crippen molar-refractivity contribution in [2.24, 2.45) is 5.84 Å². The highest BCUT2D eigenvalue weighted by atomic mass is 35.5. The molecule has 1 amide bonds. The number of nitrogens with one attached hydrogen (secondary N) is 1. The minimum absolute atomic E-state index is 0.0426. The summed E-state index contributed by atoms with van der Waals surface area (Å²) in [6.45, 7) is -0.597. The molecule has 0 aromatic heterocycles. The monoisotopic (exact) mass is 441 g/mol. The molecule has 0 heterocycles. The number of hydrogen-bond acceptors (Lipinski definition) is 4. The van der Waals surface area contributed by atoms with Crippen molar-refractivity contribution in [2.75, 3.05) is 10.8 Å². The molecule has 0 fully saturated rings. The van der Waals surface area contributed by atoms with Gasteiger partial charge in [0.1, 0.15) is 6.54 Å². The molecular weight excluding hydrogens is 432 g/mol. The number of amides is 1. The van der Waals surface area contributed by atoms with E-state index < -0.39 is 22.5 Å². The molecule has 2 aromatic carbocycles. The topological polar surface area (TPSA) is 92.5 Å². The number of benzene rings is 2. The minimum Gasteiger partial charge on any atom is -0.293 e. The van der Waals surface area contributed by atoms with Crippen molar-refractivity contribution >= 4 is 68.0 Å². The molecule has 0 aliphatic carbocycles. The first kappa shape index (κ1) is 20.1. The van der Waals surface area contributed by atoms with E-state index in [1.54, 1.807) is 0 Å². The fraction of sp³-hybridized carbons (Fsp3) is 0.0714. The summed E-state index contributed by atoms with van der Waals surface area (Å²) in [5.74, 6) is 4.33. The number of anilines is 1. The maximum absolute atomic E-state index is 13.0. The third-order valence-electron chi connectivity index (χ3n) is 3.11. The molecule has 0 saturated heterocycles. The Morgan fingerprint density at radius 3 is 2.24 bits per heavy atom. The summed E-state index contributed by atoms with van der Waals surface area (Å²) in [4.78, 5) is 11.5. The van der Waals surface area contributed by atoms with E-state index in [9.17, 15) is 13.2 Å². The third kappa shape index (κ3) is 4.49. The van der Waals surface area contributed by atoms with Gasteiger partial charge in [-0.3, -0.25) is 14.5 Å². The second-order valence-electron chi connectivity index (χ2n) is 4.75. The van der Waals surface area contributed by atoms with Crippen molar-refractivity contribution in [3.05, 3.63) is 56.5 Å². The van der Waals surface area contributed by atoms with E-state index in [2.05, 4.69) is 0 Å². The van der Waals surface area contributed by atoms with Crippen molar-refractivity contribution in [1.82, 2.24) is 5.43 Å². The van der Waals surface area contributed by atoms with Gasteiger partial charge in [-0.25, -0.2) is 14.3 Å². The first-order valence-electron chi connectivity index (χ1n) is 6.59. The Kier molecular flexibility index (Phi) is 6.42. The summed E-state index contributed by atoms with van der Waals surface area (Å²) in [7, 11) is -4.19. The summed E-state index contributed by atoms with van der Waals surface area (Å²) < 4.78 is 26.8. The lowest BCUT2D eigenvalue weighted by Crippen LogP contribution is -2.43. The molecule has 6 nitrogen and oxygen atoms in total. The molecule has 25 heavy (non-hydrogen) atoms. The number of nitrogens with zero attached hydrogens (tertiary/aromatic N) is 1. The fourth-order valence-electron chi connectivity index (χ4n) is 1.92. The molecule has 3 N–H and O–H groups in total. The molecular formula is C14H11Cl4N3O3S. The van der Waals surface area contributed by atoms with Crippen LogP contribution in [0.1, 0.15) is 0 Å². The van der Waals surface area contributed by atoms with E-state index in [4.69, 9.17) is 52.2 Å². The van der Waals surface area contributed by atoms with Gasteiger partial charge in [0.25, 0.3) is 15.9 Å². The smallest absolute Gasteiger partial charge is 0.264 e. The van der Waals surface area contributed by atoms with Gasteiger partial charge < -0.3 is 0 Å². The second-order valence-corrected chi connectivity index (χ2v) is 8.27. The summed E-state index contributed by atoms with van der Waals surface area (Å²) >= 11 is 23.7. The predicted molar refractivity (Wildman–Crippen MR) is 99.8 cm³/mol. The van der Waals surface area contributed by atoms with Crippen LogP contribution < -0.4 is 15.6 Å². The van der Waals surface area contributed by atoms with Gasteiger partial charge in [-0.1, -0.05) is 46.4 Å². The van der Waals surface area contributed by atoms with Gasteiger partial charge in [-0.15, -0.1) is 0 Å². The Hall–Kier alpha value is -1.22. The number of carbonyl (C=O) groups is 1. The van der Waals surface area contributed by atoms with Gasteiger partial charge in [0.15, 0.2) is 0 Å². The van der Waals surface area contributed by atoms with Crippen molar-refractivity contribution in [2.45, 2.75) is 4.90 Å². The fourth-order valence-corrected chi connectivity index (χ4v) is 4.31. The zero-order valence-corrected chi connectivity index (χ0v) is 16.2. The lowest BCUT2D eigenvalue weighted by Gasteiger charge is -2.24. The van der Waals surface area contributed by atoms with Gasteiger partial charge in [0.2, 0.25) is 0 Å². The number of carbonyl (C=O) groups excluding carboxylic acids is 1. The molecule has 0 atom stereocenters. The van der Waals surface area contributed by atoms with Crippen molar-refractivity contribution < 1.29 is 13.2 Å². The maximum Gasteiger partial charge on any atom is 0.264 e. The number of rotatable bonds is 5. The SMILES string of the molecule is NNC(=O)CN(c1ccc(Cl)cc1Cl)S(=O)(=O)c1ccc(Cl)c(Cl)c1. The quantitative estimate of drug-likeness (QED) is 0.421. The van der Waals surface area contributed by atoms with Crippen LogP contribution in [0.4, 0.5) is 5.69 Å². The van der Waals surface area contributed by atoms with E-state index >= 15 is 0 Å². The van der Waals surface area contributed by atoms with E-state index in [1.165, 1.54) is 36.4 Å². The van der Waals surface area contributed by atoms with E-state index in [1.807, 2.05) is 5.43 Å². The Morgan fingerprint density at radius 1 is 1.00 bits per heavy atom. The Morgan fingerprint density at radius 2 is 1.68 bits per heavy atom. The largest absolute Gasteiger partial charge is 0.293 e. The molecule has 0 aliphatic rings.